The molecule has 2 amide bonds. The van der Waals surface area contributed by atoms with Gasteiger partial charge in [-0.05, 0) is 54.3 Å². The minimum Gasteiger partial charge on any atom is -0.352 e. The van der Waals surface area contributed by atoms with E-state index in [1.807, 2.05) is 45.0 Å². The van der Waals surface area contributed by atoms with Crippen LogP contribution in [0.1, 0.15) is 39.2 Å². The molecule has 9 heteroatoms. The molecule has 0 heterocycles. The second-order valence-electron chi connectivity index (χ2n) is 9.13. The van der Waals surface area contributed by atoms with Crippen LogP contribution in [0.2, 0.25) is 5.02 Å². The van der Waals surface area contributed by atoms with Gasteiger partial charge in [-0.1, -0.05) is 74.0 Å². The first kappa shape index (κ1) is 28.6. The molecule has 3 rings (SSSR count). The molecule has 0 fully saturated rings. The summed E-state index contributed by atoms with van der Waals surface area (Å²) < 4.78 is 27.7. The number of rotatable bonds is 11. The quantitative estimate of drug-likeness (QED) is 0.375. The maximum atomic E-state index is 13.6. The highest BCUT2D eigenvalue weighted by Crippen LogP contribution is 2.23. The molecule has 7 nitrogen and oxygen atoms in total. The lowest BCUT2D eigenvalue weighted by molar-refractivity contribution is -0.141. The van der Waals surface area contributed by atoms with Crippen molar-refractivity contribution in [1.82, 2.24) is 14.5 Å². The Bertz CT molecular complexity index is 1360. The highest BCUT2D eigenvalue weighted by molar-refractivity contribution is 7.89. The van der Waals surface area contributed by atoms with Crippen molar-refractivity contribution in [1.29, 1.82) is 0 Å². The van der Waals surface area contributed by atoms with Crippen molar-refractivity contribution >= 4 is 44.2 Å². The van der Waals surface area contributed by atoms with E-state index in [9.17, 15) is 18.0 Å². The zero-order chi connectivity index (χ0) is 27.2. The third kappa shape index (κ3) is 6.89. The molecule has 1 N–H and O–H groups in total. The van der Waals surface area contributed by atoms with Crippen LogP contribution in [0.5, 0.6) is 0 Å². The molecule has 3 aromatic rings. The smallest absolute Gasteiger partial charge is 0.243 e. The standard InChI is InChI=1S/C28H34ClN3O4S/c1-5-20(3)30-28(34)26(6-2)32(18-23-13-9-10-14-25(23)29)27(33)19-31(4)37(35,36)24-16-15-21-11-7-8-12-22(21)17-24/h7-17,20,26H,5-6,18-19H2,1-4H3,(H,30,34)/t20-,26+/m1/s1. The van der Waals surface area contributed by atoms with Gasteiger partial charge < -0.3 is 10.2 Å². The molecule has 0 unspecified atom stereocenters. The number of carbonyl (C=O) groups excluding carboxylic acids is 2. The first-order valence-electron chi connectivity index (χ1n) is 12.4. The van der Waals surface area contributed by atoms with Crippen molar-refractivity contribution in [3.63, 3.8) is 0 Å². The van der Waals surface area contributed by atoms with E-state index in [-0.39, 0.29) is 23.4 Å². The van der Waals surface area contributed by atoms with Gasteiger partial charge in [0.05, 0.1) is 11.4 Å². The molecule has 0 aliphatic carbocycles. The van der Waals surface area contributed by atoms with Crippen LogP contribution in [0.25, 0.3) is 10.8 Å². The fraction of sp³-hybridized carbons (Fsp3) is 0.357. The number of halogens is 1. The van der Waals surface area contributed by atoms with Gasteiger partial charge >= 0.3 is 0 Å². The SMILES string of the molecule is CC[C@@H](C)NC(=O)[C@H](CC)N(Cc1ccccc1Cl)C(=O)CN(C)S(=O)(=O)c1ccc2ccccc2c1. The first-order chi connectivity index (χ1) is 17.6. The minimum atomic E-state index is -3.96. The Labute approximate surface area is 224 Å². The number of nitrogens with one attached hydrogen (secondary N) is 1. The summed E-state index contributed by atoms with van der Waals surface area (Å²) in [7, 11) is -2.59. The molecule has 0 aliphatic heterocycles. The third-order valence-electron chi connectivity index (χ3n) is 6.47. The summed E-state index contributed by atoms with van der Waals surface area (Å²) in [4.78, 5) is 28.3. The Kier molecular flexibility index (Phi) is 9.70. The summed E-state index contributed by atoms with van der Waals surface area (Å²) >= 11 is 6.37. The van der Waals surface area contributed by atoms with Crippen molar-refractivity contribution in [2.24, 2.45) is 0 Å². The summed E-state index contributed by atoms with van der Waals surface area (Å²) in [6, 6.07) is 18.6. The molecule has 0 spiro atoms. The van der Waals surface area contributed by atoms with Crippen LogP contribution in [0, 0.1) is 0 Å². The number of carbonyl (C=O) groups is 2. The van der Waals surface area contributed by atoms with Crippen LogP contribution in [0.3, 0.4) is 0 Å². The van der Waals surface area contributed by atoms with Gasteiger partial charge in [-0.3, -0.25) is 9.59 Å². The first-order valence-corrected chi connectivity index (χ1v) is 14.2. The van der Waals surface area contributed by atoms with E-state index in [0.29, 0.717) is 17.0 Å². The Hall–Kier alpha value is -2.94. The van der Waals surface area contributed by atoms with E-state index in [4.69, 9.17) is 11.6 Å². The summed E-state index contributed by atoms with van der Waals surface area (Å²) in [6.07, 6.45) is 1.10. The molecule has 198 valence electrons. The van der Waals surface area contributed by atoms with Gasteiger partial charge in [-0.15, -0.1) is 0 Å². The zero-order valence-corrected chi connectivity index (χ0v) is 23.2. The predicted octanol–water partition coefficient (Wildman–Crippen LogP) is 4.84. The van der Waals surface area contributed by atoms with E-state index < -0.39 is 28.5 Å². The van der Waals surface area contributed by atoms with Crippen LogP contribution < -0.4 is 5.32 Å². The fourth-order valence-corrected chi connectivity index (χ4v) is 5.40. The van der Waals surface area contributed by atoms with E-state index in [2.05, 4.69) is 5.32 Å². The van der Waals surface area contributed by atoms with Crippen LogP contribution in [0.15, 0.2) is 71.6 Å². The van der Waals surface area contributed by atoms with Gasteiger partial charge in [0.25, 0.3) is 0 Å². The van der Waals surface area contributed by atoms with Crippen molar-refractivity contribution in [2.75, 3.05) is 13.6 Å². The maximum Gasteiger partial charge on any atom is 0.243 e. The number of likely N-dealkylation sites (N-methyl/N-ethyl adjacent to an activating group) is 1. The van der Waals surface area contributed by atoms with Crippen molar-refractivity contribution in [2.45, 2.75) is 57.1 Å². The third-order valence-corrected chi connectivity index (χ3v) is 8.64. The van der Waals surface area contributed by atoms with Crippen molar-refractivity contribution < 1.29 is 18.0 Å². The fourth-order valence-electron chi connectivity index (χ4n) is 4.04. The number of benzene rings is 3. The minimum absolute atomic E-state index is 0.0604. The summed E-state index contributed by atoms with van der Waals surface area (Å²) in [6.45, 7) is 5.34. The average Bonchev–Trinajstić information content (AvgIpc) is 2.89. The zero-order valence-electron chi connectivity index (χ0n) is 21.6. The van der Waals surface area contributed by atoms with E-state index >= 15 is 0 Å². The number of amides is 2. The molecule has 3 aromatic carbocycles. The molecule has 37 heavy (non-hydrogen) atoms. The second kappa shape index (κ2) is 12.5. The van der Waals surface area contributed by atoms with Gasteiger partial charge in [0.15, 0.2) is 0 Å². The van der Waals surface area contributed by atoms with Gasteiger partial charge in [0.1, 0.15) is 6.04 Å². The molecule has 0 saturated heterocycles. The second-order valence-corrected chi connectivity index (χ2v) is 11.6. The van der Waals surface area contributed by atoms with Gasteiger partial charge in [0.2, 0.25) is 21.8 Å². The van der Waals surface area contributed by atoms with Crippen LogP contribution in [0.4, 0.5) is 0 Å². The molecule has 2 atom stereocenters. The molecule has 0 aromatic heterocycles. The Morgan fingerprint density at radius 1 is 0.946 bits per heavy atom. The molecular weight excluding hydrogens is 510 g/mol. The van der Waals surface area contributed by atoms with Gasteiger partial charge in [0, 0.05) is 24.7 Å². The van der Waals surface area contributed by atoms with E-state index in [1.165, 1.54) is 18.0 Å². The Morgan fingerprint density at radius 2 is 1.59 bits per heavy atom. The lowest BCUT2D eigenvalue weighted by Gasteiger charge is -2.32. The molecule has 0 aliphatic rings. The monoisotopic (exact) mass is 543 g/mol. The normalized spacial score (nSPS) is 13.4. The van der Waals surface area contributed by atoms with E-state index in [1.54, 1.807) is 36.4 Å². The Balaban J connectivity index is 1.89. The summed E-state index contributed by atoms with van der Waals surface area (Å²) in [5.74, 6) is -0.768. The highest BCUT2D eigenvalue weighted by Gasteiger charge is 2.32. The largest absolute Gasteiger partial charge is 0.352 e. The van der Waals surface area contributed by atoms with Crippen LogP contribution >= 0.6 is 11.6 Å². The Morgan fingerprint density at radius 3 is 2.24 bits per heavy atom. The molecule has 0 bridgehead atoms. The molecule has 0 radical (unpaired) electrons. The van der Waals surface area contributed by atoms with E-state index in [0.717, 1.165) is 21.5 Å². The number of hydrogen-bond donors (Lipinski definition) is 1. The van der Waals surface area contributed by atoms with Crippen molar-refractivity contribution in [3.8, 4) is 0 Å². The van der Waals surface area contributed by atoms with Crippen LogP contribution in [-0.2, 0) is 26.2 Å². The van der Waals surface area contributed by atoms with Gasteiger partial charge in [-0.25, -0.2) is 8.42 Å². The number of sulfonamides is 1. The number of fused-ring (bicyclic) bond motifs is 1. The predicted molar refractivity (Wildman–Crippen MR) is 148 cm³/mol. The summed E-state index contributed by atoms with van der Waals surface area (Å²) in [5.41, 5.74) is 0.673. The number of nitrogens with zero attached hydrogens (tertiary/aromatic N) is 2. The lowest BCUT2D eigenvalue weighted by atomic mass is 10.1. The lowest BCUT2D eigenvalue weighted by Crippen LogP contribution is -2.53. The molecule has 0 saturated carbocycles. The molecular formula is C28H34ClN3O4S. The topological polar surface area (TPSA) is 86.8 Å². The van der Waals surface area contributed by atoms with Gasteiger partial charge in [-0.2, -0.15) is 4.31 Å². The highest BCUT2D eigenvalue weighted by atomic mass is 35.5. The van der Waals surface area contributed by atoms with Crippen molar-refractivity contribution in [3.05, 3.63) is 77.3 Å². The maximum absolute atomic E-state index is 13.6. The number of hydrogen-bond acceptors (Lipinski definition) is 4. The summed E-state index contributed by atoms with van der Waals surface area (Å²) in [5, 5.41) is 5.12. The average molecular weight is 544 g/mol. The van der Waals surface area contributed by atoms with Crippen LogP contribution in [-0.4, -0.2) is 55.1 Å².